The van der Waals surface area contributed by atoms with Crippen LogP contribution in [0.2, 0.25) is 0 Å². The van der Waals surface area contributed by atoms with Gasteiger partial charge in [0.05, 0.1) is 13.0 Å². The van der Waals surface area contributed by atoms with Crippen LogP contribution in [0.1, 0.15) is 19.8 Å². The molecule has 0 N–H and O–H groups in total. The molecule has 0 unspecified atom stereocenters. The number of carboxylic acid groups (broad SMARTS) is 1. The van der Waals surface area contributed by atoms with Crippen LogP contribution in [0.3, 0.4) is 0 Å². The summed E-state index contributed by atoms with van der Waals surface area (Å²) in [5.41, 5.74) is 0. The van der Waals surface area contributed by atoms with Gasteiger partial charge in [0, 0.05) is 5.97 Å². The van der Waals surface area contributed by atoms with Crippen LogP contribution in [-0.2, 0) is 14.3 Å². The Bertz CT molecular complexity index is 135. The van der Waals surface area contributed by atoms with E-state index in [0.29, 0.717) is 0 Å². The standard InChI is InChI=1S/C6H10O4.BrH/c1-2-10-6(9)4-3-5(7)8;/h2-4H2,1H3,(H,7,8);1H/p-2. The van der Waals surface area contributed by atoms with E-state index in [-0.39, 0.29) is 36.4 Å². The van der Waals surface area contributed by atoms with Gasteiger partial charge in [-0.05, 0) is 13.3 Å². The highest BCUT2D eigenvalue weighted by atomic mass is 79.9. The summed E-state index contributed by atoms with van der Waals surface area (Å²) in [5.74, 6) is -1.72. The van der Waals surface area contributed by atoms with Crippen molar-refractivity contribution < 1.29 is 36.4 Å². The molecule has 0 aliphatic carbocycles. The molecule has 0 aliphatic heterocycles. The van der Waals surface area contributed by atoms with Gasteiger partial charge in [-0.25, -0.2) is 0 Å². The van der Waals surface area contributed by atoms with Gasteiger partial charge in [0.25, 0.3) is 0 Å². The Morgan fingerprint density at radius 2 is 1.91 bits per heavy atom. The Kier molecular flexibility index (Phi) is 8.92. The molecule has 0 amide bonds. The number of carboxylic acids is 1. The van der Waals surface area contributed by atoms with E-state index in [0.717, 1.165) is 0 Å². The highest BCUT2D eigenvalue weighted by molar-refractivity contribution is 5.75. The fraction of sp³-hybridized carbons (Fsp3) is 0.667. The summed E-state index contributed by atoms with van der Waals surface area (Å²) in [6, 6.07) is 0. The largest absolute Gasteiger partial charge is 1.00 e. The average Bonchev–Trinajstić information content (AvgIpc) is 1.85. The van der Waals surface area contributed by atoms with Gasteiger partial charge in [-0.15, -0.1) is 0 Å². The van der Waals surface area contributed by atoms with E-state index >= 15 is 0 Å². The normalized spacial score (nSPS) is 8.09. The Balaban J connectivity index is 0. The zero-order valence-corrected chi connectivity index (χ0v) is 7.72. The first kappa shape index (κ1) is 13.0. The van der Waals surface area contributed by atoms with Gasteiger partial charge in [-0.1, -0.05) is 0 Å². The average molecular weight is 225 g/mol. The molecule has 4 nitrogen and oxygen atoms in total. The number of ether oxygens (including phenoxy) is 1. The molecule has 0 bridgehead atoms. The number of esters is 1. The number of halogens is 1. The van der Waals surface area contributed by atoms with Gasteiger partial charge in [0.1, 0.15) is 0 Å². The number of hydrogen-bond donors (Lipinski definition) is 0. The minimum absolute atomic E-state index is 0. The number of hydrogen-bond acceptors (Lipinski definition) is 4. The van der Waals surface area contributed by atoms with Gasteiger partial charge >= 0.3 is 5.97 Å². The SMILES string of the molecule is CCOC(=O)CCC(=O)[O-].[Br-]. The molecule has 0 aromatic carbocycles. The van der Waals surface area contributed by atoms with Crippen LogP contribution in [-0.4, -0.2) is 18.5 Å². The van der Waals surface area contributed by atoms with E-state index in [9.17, 15) is 14.7 Å². The molecule has 0 aromatic heterocycles. The smallest absolute Gasteiger partial charge is 0.306 e. The number of aliphatic carboxylic acids is 1. The van der Waals surface area contributed by atoms with Crippen molar-refractivity contribution >= 4 is 11.9 Å². The zero-order valence-electron chi connectivity index (χ0n) is 6.13. The van der Waals surface area contributed by atoms with Crippen molar-refractivity contribution in [2.24, 2.45) is 0 Å². The molecule has 11 heavy (non-hydrogen) atoms. The number of rotatable bonds is 4. The van der Waals surface area contributed by atoms with Gasteiger partial charge in [-0.2, -0.15) is 0 Å². The fourth-order valence-corrected chi connectivity index (χ4v) is 0.437. The highest BCUT2D eigenvalue weighted by Gasteiger charge is 1.99. The molecule has 5 heteroatoms. The molecule has 0 saturated heterocycles. The lowest BCUT2D eigenvalue weighted by Crippen LogP contribution is -3.00. The van der Waals surface area contributed by atoms with Gasteiger partial charge in [-0.3, -0.25) is 4.79 Å². The van der Waals surface area contributed by atoms with E-state index in [2.05, 4.69) is 4.74 Å². The van der Waals surface area contributed by atoms with Crippen LogP contribution in [0.25, 0.3) is 0 Å². The van der Waals surface area contributed by atoms with Crippen molar-refractivity contribution in [1.29, 1.82) is 0 Å². The van der Waals surface area contributed by atoms with Gasteiger partial charge < -0.3 is 31.6 Å². The third-order valence-corrected chi connectivity index (χ3v) is 0.839. The molecule has 0 aromatic rings. The van der Waals surface area contributed by atoms with E-state index in [1.165, 1.54) is 0 Å². The Morgan fingerprint density at radius 1 is 1.36 bits per heavy atom. The molecule has 0 spiro atoms. The second kappa shape index (κ2) is 7.53. The summed E-state index contributed by atoms with van der Waals surface area (Å²) in [6.45, 7) is 1.95. The lowest BCUT2D eigenvalue weighted by molar-refractivity contribution is -0.305. The topological polar surface area (TPSA) is 66.4 Å². The summed E-state index contributed by atoms with van der Waals surface area (Å²) in [4.78, 5) is 20.2. The van der Waals surface area contributed by atoms with Crippen molar-refractivity contribution in [2.75, 3.05) is 6.61 Å². The molecule has 0 atom stereocenters. The molecule has 0 rings (SSSR count). The van der Waals surface area contributed by atoms with Crippen molar-refractivity contribution in [3.63, 3.8) is 0 Å². The first-order valence-electron chi connectivity index (χ1n) is 3.02. The summed E-state index contributed by atoms with van der Waals surface area (Å²) >= 11 is 0. The second-order valence-corrected chi connectivity index (χ2v) is 1.68. The first-order chi connectivity index (χ1) is 4.66. The van der Waals surface area contributed by atoms with Crippen molar-refractivity contribution in [3.05, 3.63) is 0 Å². The van der Waals surface area contributed by atoms with E-state index in [1.807, 2.05) is 0 Å². The van der Waals surface area contributed by atoms with E-state index < -0.39 is 11.9 Å². The predicted molar refractivity (Wildman–Crippen MR) is 30.9 cm³/mol. The molecule has 0 fully saturated rings. The first-order valence-corrected chi connectivity index (χ1v) is 3.02. The maximum absolute atomic E-state index is 10.4. The molecular formula is C6H9BrO4-2. The molecular weight excluding hydrogens is 216 g/mol. The van der Waals surface area contributed by atoms with Gasteiger partial charge in [0.15, 0.2) is 0 Å². The summed E-state index contributed by atoms with van der Waals surface area (Å²) in [6.07, 6.45) is -0.366. The van der Waals surface area contributed by atoms with Crippen LogP contribution in [0.4, 0.5) is 0 Å². The molecule has 0 heterocycles. The minimum atomic E-state index is -1.23. The highest BCUT2D eigenvalue weighted by Crippen LogP contribution is 1.90. The molecule has 0 radical (unpaired) electrons. The number of carbonyl (C=O) groups is 2. The lowest BCUT2D eigenvalue weighted by atomic mass is 10.3. The Labute approximate surface area is 75.3 Å². The zero-order chi connectivity index (χ0) is 7.98. The third kappa shape index (κ3) is 9.42. The van der Waals surface area contributed by atoms with E-state index in [4.69, 9.17) is 0 Å². The Hall–Kier alpha value is -0.580. The quantitative estimate of drug-likeness (QED) is 0.458. The lowest BCUT2D eigenvalue weighted by Gasteiger charge is -2.01. The summed E-state index contributed by atoms with van der Waals surface area (Å²) < 4.78 is 4.46. The van der Waals surface area contributed by atoms with Gasteiger partial charge in [0.2, 0.25) is 0 Å². The second-order valence-electron chi connectivity index (χ2n) is 1.68. The Morgan fingerprint density at radius 3 is 2.27 bits per heavy atom. The van der Waals surface area contributed by atoms with E-state index in [1.54, 1.807) is 6.92 Å². The number of carbonyl (C=O) groups excluding carboxylic acids is 2. The molecule has 0 saturated carbocycles. The van der Waals surface area contributed by atoms with Crippen molar-refractivity contribution in [1.82, 2.24) is 0 Å². The third-order valence-electron chi connectivity index (χ3n) is 0.839. The fourth-order valence-electron chi connectivity index (χ4n) is 0.437. The molecule has 0 aliphatic rings. The van der Waals surface area contributed by atoms with Crippen LogP contribution in [0.5, 0.6) is 0 Å². The van der Waals surface area contributed by atoms with Crippen LogP contribution < -0.4 is 22.1 Å². The maximum Gasteiger partial charge on any atom is 0.306 e. The van der Waals surface area contributed by atoms with Crippen LogP contribution in [0, 0.1) is 0 Å². The maximum atomic E-state index is 10.4. The van der Waals surface area contributed by atoms with Crippen molar-refractivity contribution in [2.45, 2.75) is 19.8 Å². The summed E-state index contributed by atoms with van der Waals surface area (Å²) in [5, 5.41) is 9.79. The summed E-state index contributed by atoms with van der Waals surface area (Å²) in [7, 11) is 0. The minimum Gasteiger partial charge on any atom is -1.00 e. The van der Waals surface area contributed by atoms with Crippen LogP contribution >= 0.6 is 0 Å². The molecule has 66 valence electrons. The van der Waals surface area contributed by atoms with Crippen molar-refractivity contribution in [3.8, 4) is 0 Å². The monoisotopic (exact) mass is 224 g/mol. The van der Waals surface area contributed by atoms with Crippen LogP contribution in [0.15, 0.2) is 0 Å². The predicted octanol–water partition coefficient (Wildman–Crippen LogP) is -3.92.